The number of aromatic nitrogens is 4. The van der Waals surface area contributed by atoms with E-state index in [1.807, 2.05) is 42.1 Å². The van der Waals surface area contributed by atoms with E-state index in [-0.39, 0.29) is 0 Å². The van der Waals surface area contributed by atoms with Gasteiger partial charge in [-0.05, 0) is 36.8 Å². The highest BCUT2D eigenvalue weighted by Crippen LogP contribution is 2.26. The summed E-state index contributed by atoms with van der Waals surface area (Å²) in [6.45, 7) is 2.06. The van der Waals surface area contributed by atoms with Crippen LogP contribution in [0.4, 0.5) is 11.6 Å². The molecule has 118 valence electrons. The average Bonchev–Trinajstić information content (AvgIpc) is 2.93. The minimum Gasteiger partial charge on any atom is -0.324 e. The van der Waals surface area contributed by atoms with Crippen LogP contribution in [0.15, 0.2) is 60.8 Å². The Kier molecular flexibility index (Phi) is 3.46. The van der Waals surface area contributed by atoms with Crippen molar-refractivity contribution < 1.29 is 0 Å². The van der Waals surface area contributed by atoms with Crippen LogP contribution < -0.4 is 5.32 Å². The maximum atomic E-state index is 4.63. The Morgan fingerprint density at radius 2 is 1.88 bits per heavy atom. The number of hydrogen-bond donors (Lipinski definition) is 1. The third-order valence-electron chi connectivity index (χ3n) is 3.93. The average molecular weight is 315 g/mol. The topological polar surface area (TPSA) is 55.6 Å². The molecular formula is C19H17N5. The Morgan fingerprint density at radius 3 is 2.75 bits per heavy atom. The second-order valence-corrected chi connectivity index (χ2v) is 5.75. The monoisotopic (exact) mass is 315 g/mol. The maximum absolute atomic E-state index is 4.63. The summed E-state index contributed by atoms with van der Waals surface area (Å²) in [6.07, 6.45) is 1.75. The number of aryl methyl sites for hydroxylation is 2. The van der Waals surface area contributed by atoms with Gasteiger partial charge in [-0.15, -0.1) is 0 Å². The second-order valence-electron chi connectivity index (χ2n) is 5.75. The molecule has 0 unspecified atom stereocenters. The number of rotatable bonds is 3. The first-order chi connectivity index (χ1) is 11.7. The third kappa shape index (κ3) is 2.60. The van der Waals surface area contributed by atoms with E-state index in [4.69, 9.17) is 0 Å². The quantitative estimate of drug-likeness (QED) is 0.619. The highest BCUT2D eigenvalue weighted by molar-refractivity contribution is 5.92. The van der Waals surface area contributed by atoms with Crippen LogP contribution in [-0.2, 0) is 7.05 Å². The van der Waals surface area contributed by atoms with Crippen LogP contribution in [0.25, 0.3) is 22.3 Å². The number of para-hydroxylation sites is 1. The van der Waals surface area contributed by atoms with Gasteiger partial charge in [0, 0.05) is 24.3 Å². The van der Waals surface area contributed by atoms with E-state index in [0.29, 0.717) is 5.95 Å². The molecule has 0 amide bonds. The molecule has 0 aliphatic heterocycles. The molecule has 0 radical (unpaired) electrons. The zero-order valence-corrected chi connectivity index (χ0v) is 13.6. The first-order valence-electron chi connectivity index (χ1n) is 7.79. The lowest BCUT2D eigenvalue weighted by Gasteiger charge is -2.06. The lowest BCUT2D eigenvalue weighted by molar-refractivity contribution is 0.799. The van der Waals surface area contributed by atoms with Crippen molar-refractivity contribution in [3.63, 3.8) is 0 Å². The first-order valence-corrected chi connectivity index (χ1v) is 7.79. The molecule has 4 rings (SSSR count). The van der Waals surface area contributed by atoms with Crippen molar-refractivity contribution in [2.75, 3.05) is 5.32 Å². The zero-order chi connectivity index (χ0) is 16.5. The highest BCUT2D eigenvalue weighted by atomic mass is 15.3. The number of anilines is 2. The Balaban J connectivity index is 1.74. The molecule has 0 atom stereocenters. The Labute approximate surface area is 140 Å². The number of fused-ring (bicyclic) bond motifs is 1. The van der Waals surface area contributed by atoms with Crippen molar-refractivity contribution in [3.05, 3.63) is 66.4 Å². The van der Waals surface area contributed by atoms with Gasteiger partial charge in [0.05, 0.1) is 11.2 Å². The summed E-state index contributed by atoms with van der Waals surface area (Å²) in [4.78, 5) is 8.95. The molecule has 0 aliphatic carbocycles. The summed E-state index contributed by atoms with van der Waals surface area (Å²) >= 11 is 0. The van der Waals surface area contributed by atoms with Crippen LogP contribution in [0.5, 0.6) is 0 Å². The molecule has 0 saturated heterocycles. The van der Waals surface area contributed by atoms with Crippen LogP contribution >= 0.6 is 0 Å². The molecule has 24 heavy (non-hydrogen) atoms. The molecule has 0 bridgehead atoms. The van der Waals surface area contributed by atoms with Gasteiger partial charge in [0.2, 0.25) is 5.95 Å². The summed E-state index contributed by atoms with van der Waals surface area (Å²) in [5.41, 5.74) is 4.91. The van der Waals surface area contributed by atoms with Crippen LogP contribution in [0, 0.1) is 6.92 Å². The van der Waals surface area contributed by atoms with Gasteiger partial charge in [0.1, 0.15) is 5.69 Å². The van der Waals surface area contributed by atoms with Crippen molar-refractivity contribution in [3.8, 4) is 11.4 Å². The molecule has 4 aromatic rings. The van der Waals surface area contributed by atoms with Gasteiger partial charge in [-0.1, -0.05) is 30.3 Å². The van der Waals surface area contributed by atoms with Crippen molar-refractivity contribution in [2.24, 2.45) is 7.05 Å². The molecule has 5 nitrogen and oxygen atoms in total. The van der Waals surface area contributed by atoms with Gasteiger partial charge in [0.15, 0.2) is 0 Å². The van der Waals surface area contributed by atoms with Gasteiger partial charge in [0.25, 0.3) is 0 Å². The Morgan fingerprint density at radius 1 is 1.00 bits per heavy atom. The van der Waals surface area contributed by atoms with Crippen molar-refractivity contribution >= 4 is 22.5 Å². The van der Waals surface area contributed by atoms with Crippen molar-refractivity contribution in [1.29, 1.82) is 0 Å². The molecule has 0 fully saturated rings. The summed E-state index contributed by atoms with van der Waals surface area (Å²) in [5.74, 6) is 0.563. The van der Waals surface area contributed by atoms with E-state index in [1.165, 1.54) is 5.56 Å². The SMILES string of the molecule is Cc1cccc(Nc2nccc(-c3nn(C)c4ccccc34)n2)c1. The molecule has 0 spiro atoms. The lowest BCUT2D eigenvalue weighted by atomic mass is 10.1. The zero-order valence-electron chi connectivity index (χ0n) is 13.6. The summed E-state index contributed by atoms with van der Waals surface area (Å²) in [7, 11) is 1.94. The van der Waals surface area contributed by atoms with E-state index in [1.54, 1.807) is 6.20 Å². The molecule has 2 aromatic heterocycles. The molecule has 0 saturated carbocycles. The standard InChI is InChI=1S/C19H17N5/c1-13-6-5-7-14(12-13)21-19-20-11-10-16(22-19)18-15-8-3-4-9-17(15)24(2)23-18/h3-12H,1-2H3,(H,20,21,22). The fourth-order valence-electron chi connectivity index (χ4n) is 2.81. The predicted molar refractivity (Wildman–Crippen MR) is 96.2 cm³/mol. The Hall–Kier alpha value is -3.21. The summed E-state index contributed by atoms with van der Waals surface area (Å²) in [6, 6.07) is 18.2. The molecule has 0 aliphatic rings. The van der Waals surface area contributed by atoms with Gasteiger partial charge in [-0.3, -0.25) is 4.68 Å². The lowest BCUT2D eigenvalue weighted by Crippen LogP contribution is -1.98. The predicted octanol–water partition coefficient (Wildman–Crippen LogP) is 4.08. The largest absolute Gasteiger partial charge is 0.324 e. The first kappa shape index (κ1) is 14.4. The van der Waals surface area contributed by atoms with Crippen molar-refractivity contribution in [2.45, 2.75) is 6.92 Å². The van der Waals surface area contributed by atoms with Crippen molar-refractivity contribution in [1.82, 2.24) is 19.7 Å². The number of nitrogens with one attached hydrogen (secondary N) is 1. The normalized spacial score (nSPS) is 10.9. The molecule has 2 heterocycles. The molecule has 2 aromatic carbocycles. The van der Waals surface area contributed by atoms with E-state index >= 15 is 0 Å². The van der Waals surface area contributed by atoms with E-state index in [0.717, 1.165) is 28.0 Å². The number of hydrogen-bond acceptors (Lipinski definition) is 4. The minimum absolute atomic E-state index is 0.563. The van der Waals surface area contributed by atoms with Gasteiger partial charge < -0.3 is 5.32 Å². The summed E-state index contributed by atoms with van der Waals surface area (Å²) in [5, 5.41) is 8.96. The molecule has 5 heteroatoms. The van der Waals surface area contributed by atoms with Crippen LogP contribution in [-0.4, -0.2) is 19.7 Å². The maximum Gasteiger partial charge on any atom is 0.227 e. The number of benzene rings is 2. The van der Waals surface area contributed by atoms with Crippen LogP contribution in [0.3, 0.4) is 0 Å². The Bertz CT molecular complexity index is 1020. The van der Waals surface area contributed by atoms with Gasteiger partial charge in [-0.2, -0.15) is 5.10 Å². The smallest absolute Gasteiger partial charge is 0.227 e. The van der Waals surface area contributed by atoms with Crippen LogP contribution in [0.1, 0.15) is 5.56 Å². The summed E-state index contributed by atoms with van der Waals surface area (Å²) < 4.78 is 1.88. The van der Waals surface area contributed by atoms with E-state index < -0.39 is 0 Å². The van der Waals surface area contributed by atoms with E-state index in [9.17, 15) is 0 Å². The third-order valence-corrected chi connectivity index (χ3v) is 3.93. The van der Waals surface area contributed by atoms with E-state index in [2.05, 4.69) is 51.6 Å². The molecular weight excluding hydrogens is 298 g/mol. The fraction of sp³-hybridized carbons (Fsp3) is 0.105. The fourth-order valence-corrected chi connectivity index (χ4v) is 2.81. The molecule has 1 N–H and O–H groups in total. The highest BCUT2D eigenvalue weighted by Gasteiger charge is 2.12. The van der Waals surface area contributed by atoms with Crippen LogP contribution in [0.2, 0.25) is 0 Å². The number of nitrogens with zero attached hydrogens (tertiary/aromatic N) is 4. The van der Waals surface area contributed by atoms with Gasteiger partial charge in [-0.25, -0.2) is 9.97 Å². The minimum atomic E-state index is 0.563. The second kappa shape index (κ2) is 5.77. The van der Waals surface area contributed by atoms with Gasteiger partial charge >= 0.3 is 0 Å².